The minimum absolute atomic E-state index is 0.00353. The molecule has 0 aromatic carbocycles. The molecule has 0 bridgehead atoms. The summed E-state index contributed by atoms with van der Waals surface area (Å²) in [5.41, 5.74) is 5.20. The van der Waals surface area contributed by atoms with Gasteiger partial charge < -0.3 is 21.0 Å². The average Bonchev–Trinajstić information content (AvgIpc) is 2.24. The second-order valence-electron chi connectivity index (χ2n) is 3.24. The Kier molecular flexibility index (Phi) is 7.35. The van der Waals surface area contributed by atoms with Crippen LogP contribution in [0.15, 0.2) is 0 Å². The highest BCUT2D eigenvalue weighted by atomic mass is 16.9. The Bertz CT molecular complexity index is 282. The molecule has 0 unspecified atom stereocenters. The first-order chi connectivity index (χ1) is 7.93. The van der Waals surface area contributed by atoms with Gasteiger partial charge in [-0.2, -0.15) is 0 Å². The summed E-state index contributed by atoms with van der Waals surface area (Å²) in [6.07, 6.45) is 0.355. The molecule has 0 saturated carbocycles. The van der Waals surface area contributed by atoms with Crippen LogP contribution in [0.1, 0.15) is 19.3 Å². The SMILES string of the molecule is N[C@@H](CCC(=O)NCCCO[N+](=O)[O-])C(=O)O. The molecule has 0 radical (unpaired) electrons. The van der Waals surface area contributed by atoms with Crippen LogP contribution in [0.5, 0.6) is 0 Å². The Morgan fingerprint density at radius 1 is 1.53 bits per heavy atom. The number of hydrogen-bond acceptors (Lipinski definition) is 6. The van der Waals surface area contributed by atoms with Crippen LogP contribution in [0.4, 0.5) is 0 Å². The lowest BCUT2D eigenvalue weighted by Crippen LogP contribution is -2.33. The van der Waals surface area contributed by atoms with Crippen molar-refractivity contribution >= 4 is 11.9 Å². The van der Waals surface area contributed by atoms with Gasteiger partial charge in [-0.05, 0) is 12.8 Å². The number of carbonyl (C=O) groups is 2. The highest BCUT2D eigenvalue weighted by Gasteiger charge is 2.12. The predicted octanol–water partition coefficient (Wildman–Crippen LogP) is -1.11. The highest BCUT2D eigenvalue weighted by molar-refractivity contribution is 5.78. The maximum atomic E-state index is 11.1. The van der Waals surface area contributed by atoms with Crippen molar-refractivity contribution in [2.75, 3.05) is 13.2 Å². The number of carboxylic acid groups (broad SMARTS) is 1. The van der Waals surface area contributed by atoms with Crippen LogP contribution in [0.25, 0.3) is 0 Å². The lowest BCUT2D eigenvalue weighted by Gasteiger charge is -2.07. The van der Waals surface area contributed by atoms with Gasteiger partial charge in [0.1, 0.15) is 6.04 Å². The van der Waals surface area contributed by atoms with E-state index in [4.69, 9.17) is 10.8 Å². The van der Waals surface area contributed by atoms with Crippen molar-refractivity contribution in [2.24, 2.45) is 5.73 Å². The first-order valence-electron chi connectivity index (χ1n) is 4.96. The van der Waals surface area contributed by atoms with Crippen LogP contribution in [0.2, 0.25) is 0 Å². The number of carboxylic acids is 1. The Morgan fingerprint density at radius 2 is 2.18 bits per heavy atom. The monoisotopic (exact) mass is 249 g/mol. The molecule has 9 nitrogen and oxygen atoms in total. The molecule has 0 aliphatic heterocycles. The van der Waals surface area contributed by atoms with E-state index >= 15 is 0 Å². The molecule has 0 spiro atoms. The van der Waals surface area contributed by atoms with Crippen LogP contribution in [-0.4, -0.2) is 41.3 Å². The zero-order valence-corrected chi connectivity index (χ0v) is 9.13. The molecule has 0 aliphatic carbocycles. The van der Waals surface area contributed by atoms with Gasteiger partial charge in [-0.3, -0.25) is 9.59 Å². The summed E-state index contributed by atoms with van der Waals surface area (Å²) in [4.78, 5) is 35.3. The van der Waals surface area contributed by atoms with Gasteiger partial charge in [-0.1, -0.05) is 0 Å². The van der Waals surface area contributed by atoms with Crippen LogP contribution in [-0.2, 0) is 14.4 Å². The van der Waals surface area contributed by atoms with E-state index in [0.717, 1.165) is 0 Å². The molecule has 0 fully saturated rings. The van der Waals surface area contributed by atoms with Crippen molar-refractivity contribution < 1.29 is 24.6 Å². The summed E-state index contributed by atoms with van der Waals surface area (Å²) in [7, 11) is 0. The van der Waals surface area contributed by atoms with E-state index in [2.05, 4.69) is 10.2 Å². The van der Waals surface area contributed by atoms with Crippen molar-refractivity contribution in [3.63, 3.8) is 0 Å². The smallest absolute Gasteiger partial charge is 0.320 e. The summed E-state index contributed by atoms with van der Waals surface area (Å²) in [5.74, 6) is -1.50. The molecule has 17 heavy (non-hydrogen) atoms. The van der Waals surface area contributed by atoms with Crippen molar-refractivity contribution in [1.29, 1.82) is 0 Å². The number of nitrogens with one attached hydrogen (secondary N) is 1. The number of aliphatic carboxylic acids is 1. The molecular formula is C8H15N3O6. The number of rotatable bonds is 9. The number of hydrogen-bond donors (Lipinski definition) is 3. The van der Waals surface area contributed by atoms with E-state index in [1.807, 2.05) is 0 Å². The van der Waals surface area contributed by atoms with Crippen molar-refractivity contribution in [3.05, 3.63) is 10.1 Å². The Hall–Kier alpha value is -1.90. The molecular weight excluding hydrogens is 234 g/mol. The molecule has 1 amide bonds. The molecule has 0 aromatic rings. The van der Waals surface area contributed by atoms with Crippen LogP contribution >= 0.6 is 0 Å². The third-order valence-corrected chi connectivity index (χ3v) is 1.84. The number of carbonyl (C=O) groups excluding carboxylic acids is 1. The van der Waals surface area contributed by atoms with Gasteiger partial charge >= 0.3 is 5.97 Å². The lowest BCUT2D eigenvalue weighted by molar-refractivity contribution is -0.757. The second kappa shape index (κ2) is 8.28. The highest BCUT2D eigenvalue weighted by Crippen LogP contribution is 1.94. The zero-order valence-electron chi connectivity index (χ0n) is 9.13. The van der Waals surface area contributed by atoms with Gasteiger partial charge in [0.25, 0.3) is 5.09 Å². The van der Waals surface area contributed by atoms with Gasteiger partial charge in [-0.25, -0.2) is 0 Å². The van der Waals surface area contributed by atoms with Crippen molar-refractivity contribution in [3.8, 4) is 0 Å². The topological polar surface area (TPSA) is 145 Å². The van der Waals surface area contributed by atoms with Gasteiger partial charge in [0.15, 0.2) is 0 Å². The van der Waals surface area contributed by atoms with Crippen molar-refractivity contribution in [1.82, 2.24) is 5.32 Å². The minimum atomic E-state index is -1.16. The summed E-state index contributed by atoms with van der Waals surface area (Å²) < 4.78 is 0. The molecule has 9 heteroatoms. The Labute approximate surface area is 97.0 Å². The molecule has 0 aliphatic rings. The molecule has 1 atom stereocenters. The normalized spacial score (nSPS) is 11.6. The summed E-state index contributed by atoms with van der Waals surface area (Å²) in [6, 6.07) is -1.06. The van der Waals surface area contributed by atoms with Crippen LogP contribution in [0, 0.1) is 10.1 Å². The van der Waals surface area contributed by atoms with E-state index in [9.17, 15) is 19.7 Å². The fourth-order valence-corrected chi connectivity index (χ4v) is 0.938. The molecule has 0 aromatic heterocycles. The number of nitrogens with zero attached hydrogens (tertiary/aromatic N) is 1. The van der Waals surface area contributed by atoms with E-state index in [0.29, 0.717) is 6.42 Å². The standard InChI is InChI=1S/C8H15N3O6/c9-6(8(13)14)2-3-7(12)10-4-1-5-17-11(15)16/h6H,1-5,9H2,(H,10,12)(H,13,14)/t6-/m0/s1. The molecule has 0 heterocycles. The van der Waals surface area contributed by atoms with E-state index in [1.54, 1.807) is 0 Å². The lowest BCUT2D eigenvalue weighted by atomic mass is 10.1. The summed E-state index contributed by atoms with van der Waals surface area (Å²) in [5, 5.41) is 19.8. The number of amides is 1. The number of nitrogens with two attached hydrogens (primary N) is 1. The second-order valence-corrected chi connectivity index (χ2v) is 3.24. The third kappa shape index (κ3) is 9.05. The summed E-state index contributed by atoms with van der Waals surface area (Å²) in [6.45, 7) is 0.136. The molecule has 0 rings (SSSR count). The third-order valence-electron chi connectivity index (χ3n) is 1.84. The Balaban J connectivity index is 3.47. The fraction of sp³-hybridized carbons (Fsp3) is 0.750. The average molecular weight is 249 g/mol. The first-order valence-corrected chi connectivity index (χ1v) is 4.96. The largest absolute Gasteiger partial charge is 0.480 e. The van der Waals surface area contributed by atoms with Crippen LogP contribution in [0.3, 0.4) is 0 Å². The van der Waals surface area contributed by atoms with E-state index in [1.165, 1.54) is 0 Å². The molecule has 98 valence electrons. The van der Waals surface area contributed by atoms with Gasteiger partial charge in [-0.15, -0.1) is 10.1 Å². The summed E-state index contributed by atoms with van der Waals surface area (Å²) >= 11 is 0. The fourth-order valence-electron chi connectivity index (χ4n) is 0.938. The van der Waals surface area contributed by atoms with Gasteiger partial charge in [0, 0.05) is 13.0 Å². The van der Waals surface area contributed by atoms with E-state index in [-0.39, 0.29) is 31.9 Å². The molecule has 4 N–H and O–H groups in total. The predicted molar refractivity (Wildman–Crippen MR) is 55.4 cm³/mol. The zero-order chi connectivity index (χ0) is 13.3. The Morgan fingerprint density at radius 3 is 2.71 bits per heavy atom. The van der Waals surface area contributed by atoms with Gasteiger partial charge in [0.05, 0.1) is 6.61 Å². The maximum Gasteiger partial charge on any atom is 0.320 e. The maximum absolute atomic E-state index is 11.1. The van der Waals surface area contributed by atoms with Crippen molar-refractivity contribution in [2.45, 2.75) is 25.3 Å². The minimum Gasteiger partial charge on any atom is -0.480 e. The molecule has 0 saturated heterocycles. The van der Waals surface area contributed by atoms with Crippen LogP contribution < -0.4 is 11.1 Å². The first kappa shape index (κ1) is 15.1. The van der Waals surface area contributed by atoms with Gasteiger partial charge in [0.2, 0.25) is 5.91 Å². The quantitative estimate of drug-likeness (QED) is 0.267. The van der Waals surface area contributed by atoms with E-state index < -0.39 is 17.1 Å².